The number of ether oxygens (including phenoxy) is 1. The number of nitro groups is 1. The molecule has 1 aromatic carbocycles. The molecule has 3 aliphatic rings. The van der Waals surface area contributed by atoms with Crippen LogP contribution in [0, 0.1) is 27.4 Å². The van der Waals surface area contributed by atoms with Crippen LogP contribution in [0.15, 0.2) is 24.3 Å². The molecular weight excluding hydrogens is 542 g/mol. The Labute approximate surface area is 246 Å². The fourth-order valence-electron chi connectivity index (χ4n) is 6.22. The first-order valence-electron chi connectivity index (χ1n) is 14.9. The van der Waals surface area contributed by atoms with Crippen LogP contribution in [0.2, 0.25) is 0 Å². The van der Waals surface area contributed by atoms with Gasteiger partial charge < -0.3 is 25.6 Å². The summed E-state index contributed by atoms with van der Waals surface area (Å²) in [5.74, 6) is -0.835. The SMILES string of the molecule is C[C@H](NC(=O)C1CC12CCN(C(=O)[C@H](NC(=O)OC(C)(C)C)C1CCCCC1)CC2)C(=O)Nc1ccc([N+](=O)[O-])cc1. The molecule has 230 valence electrons. The van der Waals surface area contributed by atoms with Crippen molar-refractivity contribution in [2.24, 2.45) is 17.3 Å². The van der Waals surface area contributed by atoms with Gasteiger partial charge in [0.2, 0.25) is 17.7 Å². The number of rotatable bonds is 8. The topological polar surface area (TPSA) is 160 Å². The van der Waals surface area contributed by atoms with E-state index in [9.17, 15) is 29.3 Å². The Morgan fingerprint density at radius 3 is 2.21 bits per heavy atom. The minimum atomic E-state index is -0.790. The second kappa shape index (κ2) is 12.7. The van der Waals surface area contributed by atoms with Gasteiger partial charge in [-0.15, -0.1) is 0 Å². The van der Waals surface area contributed by atoms with Gasteiger partial charge in [0.15, 0.2) is 0 Å². The normalized spacial score (nSPS) is 21.5. The summed E-state index contributed by atoms with van der Waals surface area (Å²) < 4.78 is 5.46. The Kier molecular flexibility index (Phi) is 9.42. The molecule has 12 heteroatoms. The third-order valence-corrected chi connectivity index (χ3v) is 8.73. The highest BCUT2D eigenvalue weighted by molar-refractivity contribution is 5.97. The largest absolute Gasteiger partial charge is 0.444 e. The zero-order valence-electron chi connectivity index (χ0n) is 24.9. The molecule has 2 aliphatic carbocycles. The molecular formula is C30H43N5O7. The van der Waals surface area contributed by atoms with E-state index in [1.165, 1.54) is 24.3 Å². The zero-order chi connectivity index (χ0) is 30.7. The Bertz CT molecular complexity index is 1180. The van der Waals surface area contributed by atoms with Crippen LogP contribution in [0.5, 0.6) is 0 Å². The van der Waals surface area contributed by atoms with E-state index in [0.717, 1.165) is 32.1 Å². The number of piperidine rings is 1. The Hall–Kier alpha value is -3.70. The number of hydrogen-bond acceptors (Lipinski definition) is 7. The van der Waals surface area contributed by atoms with Gasteiger partial charge in [0.05, 0.1) is 4.92 Å². The summed E-state index contributed by atoms with van der Waals surface area (Å²) in [6, 6.07) is 4.07. The molecule has 3 N–H and O–H groups in total. The number of amides is 4. The fourth-order valence-corrected chi connectivity index (χ4v) is 6.22. The number of carbonyl (C=O) groups is 4. The average Bonchev–Trinajstić information content (AvgIpc) is 3.64. The van der Waals surface area contributed by atoms with Gasteiger partial charge in [-0.05, 0) is 83.3 Å². The first kappa shape index (κ1) is 31.2. The van der Waals surface area contributed by atoms with Crippen molar-refractivity contribution >= 4 is 35.2 Å². The fraction of sp³-hybridized carbons (Fsp3) is 0.667. The lowest BCUT2D eigenvalue weighted by molar-refractivity contribution is -0.384. The van der Waals surface area contributed by atoms with Gasteiger partial charge in [-0.25, -0.2) is 4.79 Å². The lowest BCUT2D eigenvalue weighted by Gasteiger charge is -2.38. The van der Waals surface area contributed by atoms with Gasteiger partial charge in [0.25, 0.3) is 5.69 Å². The first-order valence-corrected chi connectivity index (χ1v) is 14.9. The number of non-ortho nitro benzene ring substituents is 1. The molecule has 0 bridgehead atoms. The van der Waals surface area contributed by atoms with Gasteiger partial charge in [0, 0.05) is 36.8 Å². The van der Waals surface area contributed by atoms with Crippen LogP contribution in [0.25, 0.3) is 0 Å². The number of likely N-dealkylation sites (tertiary alicyclic amines) is 1. The van der Waals surface area contributed by atoms with Crippen molar-refractivity contribution in [1.29, 1.82) is 0 Å². The minimum Gasteiger partial charge on any atom is -0.444 e. The average molecular weight is 586 g/mol. The third kappa shape index (κ3) is 7.77. The molecule has 0 aromatic heterocycles. The molecule has 2 saturated carbocycles. The Morgan fingerprint density at radius 1 is 1.02 bits per heavy atom. The maximum atomic E-state index is 13.7. The molecule has 0 radical (unpaired) electrons. The van der Waals surface area contributed by atoms with E-state index in [-0.39, 0.29) is 34.8 Å². The summed E-state index contributed by atoms with van der Waals surface area (Å²) >= 11 is 0. The predicted octanol–water partition coefficient (Wildman–Crippen LogP) is 4.14. The summed E-state index contributed by atoms with van der Waals surface area (Å²) in [6.45, 7) is 8.00. The molecule has 42 heavy (non-hydrogen) atoms. The summed E-state index contributed by atoms with van der Waals surface area (Å²) in [4.78, 5) is 64.0. The number of nitrogens with zero attached hydrogens (tertiary/aromatic N) is 2. The Balaban J connectivity index is 1.28. The summed E-state index contributed by atoms with van der Waals surface area (Å²) in [5, 5.41) is 19.2. The zero-order valence-corrected chi connectivity index (χ0v) is 24.9. The molecule has 4 rings (SSSR count). The predicted molar refractivity (Wildman–Crippen MR) is 155 cm³/mol. The van der Waals surface area contributed by atoms with E-state index in [2.05, 4.69) is 16.0 Å². The molecule has 3 fully saturated rings. The number of hydrogen-bond donors (Lipinski definition) is 3. The molecule has 1 heterocycles. The van der Waals surface area contributed by atoms with Crippen LogP contribution in [0.3, 0.4) is 0 Å². The van der Waals surface area contributed by atoms with Crippen LogP contribution in [-0.2, 0) is 19.1 Å². The number of carbonyl (C=O) groups excluding carboxylic acids is 4. The standard InChI is InChI=1S/C30H43N5O7/c1-19(25(36)32-21-10-12-22(13-11-21)35(40)41)31-26(37)23-18-30(23)14-16-34(17-15-30)27(38)24(20-8-6-5-7-9-20)33-28(39)42-29(2,3)4/h10-13,19-20,23-24H,5-9,14-18H2,1-4H3,(H,31,37)(H,32,36)(H,33,39)/t19-,23?,24+/m0/s1. The summed E-state index contributed by atoms with van der Waals surface area (Å²) in [6.07, 6.45) is 6.49. The molecule has 12 nitrogen and oxygen atoms in total. The van der Waals surface area contributed by atoms with Crippen molar-refractivity contribution < 1.29 is 28.8 Å². The van der Waals surface area contributed by atoms with Crippen LogP contribution in [0.1, 0.15) is 79.1 Å². The molecule has 3 atom stereocenters. The lowest BCUT2D eigenvalue weighted by atomic mass is 9.82. The maximum absolute atomic E-state index is 13.7. The van der Waals surface area contributed by atoms with Crippen LogP contribution >= 0.6 is 0 Å². The lowest BCUT2D eigenvalue weighted by Crippen LogP contribution is -2.55. The van der Waals surface area contributed by atoms with Crippen molar-refractivity contribution in [3.8, 4) is 0 Å². The van der Waals surface area contributed by atoms with Crippen LogP contribution in [-0.4, -0.2) is 64.4 Å². The van der Waals surface area contributed by atoms with E-state index in [0.29, 0.717) is 38.0 Å². The van der Waals surface area contributed by atoms with Crippen molar-refractivity contribution in [1.82, 2.24) is 15.5 Å². The molecule has 1 saturated heterocycles. The Morgan fingerprint density at radius 2 is 1.64 bits per heavy atom. The van der Waals surface area contributed by atoms with Gasteiger partial charge in [-0.1, -0.05) is 19.3 Å². The van der Waals surface area contributed by atoms with E-state index in [4.69, 9.17) is 4.74 Å². The molecule has 4 amide bonds. The second-order valence-corrected chi connectivity index (χ2v) is 13.0. The number of alkyl carbamates (subject to hydrolysis) is 1. The minimum absolute atomic E-state index is 0.0766. The van der Waals surface area contributed by atoms with Gasteiger partial charge >= 0.3 is 6.09 Å². The van der Waals surface area contributed by atoms with Gasteiger partial charge in [-0.2, -0.15) is 0 Å². The number of nitro benzene ring substituents is 1. The van der Waals surface area contributed by atoms with E-state index in [1.54, 1.807) is 27.7 Å². The van der Waals surface area contributed by atoms with Gasteiger partial charge in [-0.3, -0.25) is 24.5 Å². The maximum Gasteiger partial charge on any atom is 0.408 e. The monoisotopic (exact) mass is 585 g/mol. The van der Waals surface area contributed by atoms with Crippen molar-refractivity contribution in [3.05, 3.63) is 34.4 Å². The summed E-state index contributed by atoms with van der Waals surface area (Å²) in [7, 11) is 0. The van der Waals surface area contributed by atoms with Crippen molar-refractivity contribution in [3.63, 3.8) is 0 Å². The van der Waals surface area contributed by atoms with Crippen LogP contribution < -0.4 is 16.0 Å². The van der Waals surface area contributed by atoms with E-state index >= 15 is 0 Å². The second-order valence-electron chi connectivity index (χ2n) is 13.0. The molecule has 1 spiro atoms. The molecule has 1 unspecified atom stereocenters. The smallest absolute Gasteiger partial charge is 0.408 e. The van der Waals surface area contributed by atoms with Crippen molar-refractivity contribution in [2.75, 3.05) is 18.4 Å². The first-order chi connectivity index (χ1) is 19.8. The highest BCUT2D eigenvalue weighted by Crippen LogP contribution is 2.59. The molecule has 1 aromatic rings. The highest BCUT2D eigenvalue weighted by Gasteiger charge is 2.59. The third-order valence-electron chi connectivity index (χ3n) is 8.73. The quantitative estimate of drug-likeness (QED) is 0.305. The van der Waals surface area contributed by atoms with E-state index < -0.39 is 34.6 Å². The number of anilines is 1. The number of nitrogens with one attached hydrogen (secondary N) is 3. The van der Waals surface area contributed by atoms with Gasteiger partial charge in [0.1, 0.15) is 17.7 Å². The van der Waals surface area contributed by atoms with Crippen molar-refractivity contribution in [2.45, 2.75) is 96.7 Å². The highest BCUT2D eigenvalue weighted by atomic mass is 16.6. The molecule has 1 aliphatic heterocycles. The number of benzene rings is 1. The van der Waals surface area contributed by atoms with E-state index in [1.807, 2.05) is 4.90 Å². The van der Waals surface area contributed by atoms with Crippen LogP contribution in [0.4, 0.5) is 16.2 Å². The summed E-state index contributed by atoms with van der Waals surface area (Å²) in [5.41, 5.74) is -0.523.